The molecule has 0 amide bonds. The summed E-state index contributed by atoms with van der Waals surface area (Å²) < 4.78 is 5.28. The van der Waals surface area contributed by atoms with E-state index >= 15 is 0 Å². The zero-order valence-corrected chi connectivity index (χ0v) is 8.69. The number of carbonyl (C=O) groups is 1. The van der Waals surface area contributed by atoms with Crippen LogP contribution in [0.1, 0.15) is 29.9 Å². The average Bonchev–Trinajstić information content (AvgIpc) is 2.98. The Morgan fingerprint density at radius 1 is 1.53 bits per heavy atom. The molecule has 1 aromatic carbocycles. The summed E-state index contributed by atoms with van der Waals surface area (Å²) in [6.07, 6.45) is 2.37. The lowest BCUT2D eigenvalue weighted by molar-refractivity contribution is -0.139. The predicted octanol–water partition coefficient (Wildman–Crippen LogP) is 2.34. The van der Waals surface area contributed by atoms with E-state index in [0.29, 0.717) is 5.92 Å². The SMILES string of the molecule is Cc1ccc(C2CC2)c(OCC(=O)O)c1. The number of carboxylic acids is 1. The summed E-state index contributed by atoms with van der Waals surface area (Å²) in [6, 6.07) is 6.00. The molecular formula is C12H14O3. The van der Waals surface area contributed by atoms with Crippen molar-refractivity contribution in [2.45, 2.75) is 25.7 Å². The predicted molar refractivity (Wildman–Crippen MR) is 56.3 cm³/mol. The molecule has 1 N–H and O–H groups in total. The van der Waals surface area contributed by atoms with E-state index in [4.69, 9.17) is 9.84 Å². The molecule has 3 nitrogen and oxygen atoms in total. The molecule has 1 aliphatic carbocycles. The van der Waals surface area contributed by atoms with Crippen LogP contribution in [0.25, 0.3) is 0 Å². The van der Waals surface area contributed by atoms with Gasteiger partial charge in [0.25, 0.3) is 0 Å². The second kappa shape index (κ2) is 3.93. The third-order valence-corrected chi connectivity index (χ3v) is 2.54. The number of aliphatic carboxylic acids is 1. The molecule has 0 unspecified atom stereocenters. The van der Waals surface area contributed by atoms with E-state index in [1.165, 1.54) is 12.8 Å². The molecule has 1 saturated carbocycles. The van der Waals surface area contributed by atoms with E-state index in [0.717, 1.165) is 16.9 Å². The van der Waals surface area contributed by atoms with Crippen molar-refractivity contribution in [2.24, 2.45) is 0 Å². The molecule has 80 valence electrons. The standard InChI is InChI=1S/C12H14O3/c1-8-2-5-10(9-3-4-9)11(6-8)15-7-12(13)14/h2,5-6,9H,3-4,7H2,1H3,(H,13,14). The van der Waals surface area contributed by atoms with Gasteiger partial charge in [-0.05, 0) is 42.9 Å². The summed E-state index contributed by atoms with van der Waals surface area (Å²) in [5.41, 5.74) is 2.25. The van der Waals surface area contributed by atoms with Crippen LogP contribution in [0.15, 0.2) is 18.2 Å². The molecule has 0 saturated heterocycles. The van der Waals surface area contributed by atoms with Gasteiger partial charge in [0.15, 0.2) is 6.61 Å². The second-order valence-corrected chi connectivity index (χ2v) is 4.00. The molecule has 0 radical (unpaired) electrons. The Balaban J connectivity index is 2.18. The van der Waals surface area contributed by atoms with Gasteiger partial charge in [-0.25, -0.2) is 4.79 Å². The summed E-state index contributed by atoms with van der Waals surface area (Å²) in [7, 11) is 0. The minimum Gasteiger partial charge on any atom is -0.482 e. The van der Waals surface area contributed by atoms with Crippen LogP contribution >= 0.6 is 0 Å². The Bertz CT molecular complexity index is 380. The number of hydrogen-bond acceptors (Lipinski definition) is 2. The quantitative estimate of drug-likeness (QED) is 0.822. The lowest BCUT2D eigenvalue weighted by Gasteiger charge is -2.10. The molecule has 2 rings (SSSR count). The molecule has 0 bridgehead atoms. The lowest BCUT2D eigenvalue weighted by atomic mass is 10.1. The van der Waals surface area contributed by atoms with Crippen molar-refractivity contribution in [3.8, 4) is 5.75 Å². The molecule has 0 spiro atoms. The van der Waals surface area contributed by atoms with Crippen LogP contribution in [0.4, 0.5) is 0 Å². The highest BCUT2D eigenvalue weighted by molar-refractivity contribution is 5.68. The van der Waals surface area contributed by atoms with E-state index in [2.05, 4.69) is 0 Å². The van der Waals surface area contributed by atoms with E-state index < -0.39 is 5.97 Å². The highest BCUT2D eigenvalue weighted by Gasteiger charge is 2.26. The fourth-order valence-corrected chi connectivity index (χ4v) is 1.64. The number of benzene rings is 1. The van der Waals surface area contributed by atoms with E-state index in [1.807, 2.05) is 25.1 Å². The third-order valence-electron chi connectivity index (χ3n) is 2.54. The average molecular weight is 206 g/mol. The van der Waals surface area contributed by atoms with Crippen molar-refractivity contribution in [3.63, 3.8) is 0 Å². The van der Waals surface area contributed by atoms with Crippen LogP contribution in [-0.4, -0.2) is 17.7 Å². The van der Waals surface area contributed by atoms with Crippen LogP contribution in [0.5, 0.6) is 5.75 Å². The first kappa shape index (κ1) is 10.0. The van der Waals surface area contributed by atoms with Gasteiger partial charge in [0, 0.05) is 0 Å². The number of carboxylic acid groups (broad SMARTS) is 1. The van der Waals surface area contributed by atoms with Crippen molar-refractivity contribution >= 4 is 5.97 Å². The van der Waals surface area contributed by atoms with Gasteiger partial charge in [-0.2, -0.15) is 0 Å². The summed E-state index contributed by atoms with van der Waals surface area (Å²) in [6.45, 7) is 1.72. The molecule has 15 heavy (non-hydrogen) atoms. The van der Waals surface area contributed by atoms with Crippen LogP contribution in [0.2, 0.25) is 0 Å². The number of aryl methyl sites for hydroxylation is 1. The van der Waals surface area contributed by atoms with Crippen molar-refractivity contribution < 1.29 is 14.6 Å². The molecule has 0 atom stereocenters. The molecule has 3 heteroatoms. The summed E-state index contributed by atoms with van der Waals surface area (Å²) in [4.78, 5) is 10.4. The van der Waals surface area contributed by atoms with E-state index in [-0.39, 0.29) is 6.61 Å². The Labute approximate surface area is 88.7 Å². The summed E-state index contributed by atoms with van der Waals surface area (Å²) in [5, 5.41) is 8.56. The first-order valence-corrected chi connectivity index (χ1v) is 5.12. The van der Waals surface area contributed by atoms with Gasteiger partial charge in [-0.1, -0.05) is 12.1 Å². The van der Waals surface area contributed by atoms with Crippen LogP contribution in [0.3, 0.4) is 0 Å². The Kier molecular flexibility index (Phi) is 2.62. The highest BCUT2D eigenvalue weighted by atomic mass is 16.5. The van der Waals surface area contributed by atoms with Crippen LogP contribution in [0, 0.1) is 6.92 Å². The maximum atomic E-state index is 10.4. The number of hydrogen-bond donors (Lipinski definition) is 1. The monoisotopic (exact) mass is 206 g/mol. The van der Waals surface area contributed by atoms with Crippen LogP contribution in [-0.2, 0) is 4.79 Å². The smallest absolute Gasteiger partial charge is 0.341 e. The largest absolute Gasteiger partial charge is 0.482 e. The molecule has 0 aliphatic heterocycles. The van der Waals surface area contributed by atoms with Gasteiger partial charge in [0.1, 0.15) is 5.75 Å². The fraction of sp³-hybridized carbons (Fsp3) is 0.417. The lowest BCUT2D eigenvalue weighted by Crippen LogP contribution is -2.10. The van der Waals surface area contributed by atoms with Gasteiger partial charge in [0.2, 0.25) is 0 Å². The summed E-state index contributed by atoms with van der Waals surface area (Å²) >= 11 is 0. The van der Waals surface area contributed by atoms with Gasteiger partial charge in [-0.15, -0.1) is 0 Å². The van der Waals surface area contributed by atoms with E-state index in [1.54, 1.807) is 0 Å². The zero-order chi connectivity index (χ0) is 10.8. The molecule has 1 fully saturated rings. The summed E-state index contributed by atoms with van der Waals surface area (Å²) in [5.74, 6) is 0.382. The molecule has 1 aliphatic rings. The van der Waals surface area contributed by atoms with Crippen molar-refractivity contribution in [1.82, 2.24) is 0 Å². The minimum atomic E-state index is -0.932. The van der Waals surface area contributed by atoms with Crippen molar-refractivity contribution in [3.05, 3.63) is 29.3 Å². The Hall–Kier alpha value is -1.51. The van der Waals surface area contributed by atoms with Gasteiger partial charge < -0.3 is 9.84 Å². The molecule has 0 aromatic heterocycles. The first-order chi connectivity index (χ1) is 7.16. The minimum absolute atomic E-state index is 0.261. The highest BCUT2D eigenvalue weighted by Crippen LogP contribution is 2.44. The maximum Gasteiger partial charge on any atom is 0.341 e. The third kappa shape index (κ3) is 2.49. The normalized spacial score (nSPS) is 15.0. The van der Waals surface area contributed by atoms with Crippen molar-refractivity contribution in [1.29, 1.82) is 0 Å². The molecule has 0 heterocycles. The maximum absolute atomic E-state index is 10.4. The first-order valence-electron chi connectivity index (χ1n) is 5.12. The zero-order valence-electron chi connectivity index (χ0n) is 8.69. The fourth-order valence-electron chi connectivity index (χ4n) is 1.64. The van der Waals surface area contributed by atoms with Gasteiger partial charge in [-0.3, -0.25) is 0 Å². The number of rotatable bonds is 4. The molecular weight excluding hydrogens is 192 g/mol. The molecule has 1 aromatic rings. The van der Waals surface area contributed by atoms with Crippen LogP contribution < -0.4 is 4.74 Å². The van der Waals surface area contributed by atoms with E-state index in [9.17, 15) is 4.79 Å². The Morgan fingerprint density at radius 3 is 2.87 bits per heavy atom. The van der Waals surface area contributed by atoms with Gasteiger partial charge >= 0.3 is 5.97 Å². The second-order valence-electron chi connectivity index (χ2n) is 4.00. The van der Waals surface area contributed by atoms with Crippen molar-refractivity contribution in [2.75, 3.05) is 6.61 Å². The Morgan fingerprint density at radius 2 is 2.27 bits per heavy atom. The topological polar surface area (TPSA) is 46.5 Å². The number of ether oxygens (including phenoxy) is 1. The van der Waals surface area contributed by atoms with Gasteiger partial charge in [0.05, 0.1) is 0 Å².